The predicted molar refractivity (Wildman–Crippen MR) is 77.2 cm³/mol. The van der Waals surface area contributed by atoms with E-state index >= 15 is 0 Å². The van der Waals surface area contributed by atoms with Crippen molar-refractivity contribution in [3.8, 4) is 0 Å². The van der Waals surface area contributed by atoms with Crippen LogP contribution < -0.4 is 10.8 Å². The van der Waals surface area contributed by atoms with Crippen molar-refractivity contribution in [2.45, 2.75) is 38.9 Å². The molecule has 0 aliphatic carbocycles. The maximum Gasteiger partial charge on any atom is 0.495 e. The van der Waals surface area contributed by atoms with E-state index in [1.54, 1.807) is 0 Å². The predicted octanol–water partition coefficient (Wildman–Crippen LogP) is 2.18. The molecular weight excluding hydrogens is 295 g/mol. The van der Waals surface area contributed by atoms with Crippen molar-refractivity contribution in [3.63, 3.8) is 0 Å². The maximum atomic E-state index is 6.01. The highest BCUT2D eigenvalue weighted by atomic mass is 79.9. The molecule has 2 rings (SSSR count). The highest BCUT2D eigenvalue weighted by Gasteiger charge is 2.51. The minimum absolute atomic E-state index is 0.326. The third kappa shape index (κ3) is 2.42. The summed E-state index contributed by atoms with van der Waals surface area (Å²) in [4.78, 5) is 4.29. The van der Waals surface area contributed by atoms with Crippen LogP contribution in [0.15, 0.2) is 16.7 Å². The molecule has 0 atom stereocenters. The lowest BCUT2D eigenvalue weighted by Crippen LogP contribution is -2.41. The zero-order chi connectivity index (χ0) is 13.6. The molecular formula is C12H18BBrN2O2. The average Bonchev–Trinajstić information content (AvgIpc) is 2.47. The molecule has 18 heavy (non-hydrogen) atoms. The van der Waals surface area contributed by atoms with Crippen LogP contribution in [-0.2, 0) is 9.31 Å². The molecule has 2 heterocycles. The number of aromatic nitrogens is 1. The van der Waals surface area contributed by atoms with Crippen molar-refractivity contribution in [2.24, 2.45) is 0 Å². The number of anilines is 1. The minimum atomic E-state index is -0.360. The average molecular weight is 313 g/mol. The molecule has 1 aromatic heterocycles. The fraction of sp³-hybridized carbons (Fsp3) is 0.583. The molecule has 4 nitrogen and oxygen atoms in total. The number of halogens is 1. The minimum Gasteiger partial charge on any atom is -0.399 e. The SMILES string of the molecule is CNc1cc(B2OC(C)(C)C(C)(C)O2)cc(Br)n1. The number of nitrogens with zero attached hydrogens (tertiary/aromatic N) is 1. The first-order valence-electron chi connectivity index (χ1n) is 5.96. The Balaban J connectivity index is 2.32. The molecule has 0 saturated carbocycles. The Bertz CT molecular complexity index is 449. The second-order valence-corrected chi connectivity index (χ2v) is 6.26. The van der Waals surface area contributed by atoms with Gasteiger partial charge in [-0.05, 0) is 61.2 Å². The first kappa shape index (κ1) is 13.8. The summed E-state index contributed by atoms with van der Waals surface area (Å²) >= 11 is 3.40. The van der Waals surface area contributed by atoms with Gasteiger partial charge >= 0.3 is 7.12 Å². The van der Waals surface area contributed by atoms with Crippen LogP contribution in [0.4, 0.5) is 5.82 Å². The van der Waals surface area contributed by atoms with Crippen LogP contribution in [0.1, 0.15) is 27.7 Å². The van der Waals surface area contributed by atoms with Gasteiger partial charge in [-0.15, -0.1) is 0 Å². The van der Waals surface area contributed by atoms with Crippen LogP contribution in [0.5, 0.6) is 0 Å². The van der Waals surface area contributed by atoms with Gasteiger partial charge in [0.15, 0.2) is 0 Å². The summed E-state index contributed by atoms with van der Waals surface area (Å²) in [7, 11) is 1.48. The van der Waals surface area contributed by atoms with E-state index in [9.17, 15) is 0 Å². The van der Waals surface area contributed by atoms with E-state index in [0.717, 1.165) is 15.9 Å². The van der Waals surface area contributed by atoms with Crippen molar-refractivity contribution < 1.29 is 9.31 Å². The lowest BCUT2D eigenvalue weighted by molar-refractivity contribution is 0.00578. The Labute approximate surface area is 117 Å². The van der Waals surface area contributed by atoms with Crippen LogP contribution in [0.3, 0.4) is 0 Å². The molecule has 1 fully saturated rings. The van der Waals surface area contributed by atoms with E-state index in [1.807, 2.05) is 46.9 Å². The second-order valence-electron chi connectivity index (χ2n) is 5.45. The van der Waals surface area contributed by atoms with Crippen LogP contribution in [0.25, 0.3) is 0 Å². The van der Waals surface area contributed by atoms with Crippen molar-refractivity contribution >= 4 is 34.3 Å². The van der Waals surface area contributed by atoms with Crippen molar-refractivity contribution in [2.75, 3.05) is 12.4 Å². The quantitative estimate of drug-likeness (QED) is 0.671. The topological polar surface area (TPSA) is 43.4 Å². The van der Waals surface area contributed by atoms with Gasteiger partial charge in [-0.2, -0.15) is 0 Å². The molecule has 1 saturated heterocycles. The van der Waals surface area contributed by atoms with E-state index < -0.39 is 0 Å². The zero-order valence-electron chi connectivity index (χ0n) is 11.4. The lowest BCUT2D eigenvalue weighted by atomic mass is 9.80. The van der Waals surface area contributed by atoms with Gasteiger partial charge < -0.3 is 14.6 Å². The van der Waals surface area contributed by atoms with E-state index in [4.69, 9.17) is 9.31 Å². The maximum absolute atomic E-state index is 6.01. The Morgan fingerprint density at radius 1 is 1.17 bits per heavy atom. The Kier molecular flexibility index (Phi) is 3.47. The first-order chi connectivity index (χ1) is 8.25. The fourth-order valence-corrected chi connectivity index (χ4v) is 2.22. The van der Waals surface area contributed by atoms with Crippen LogP contribution in [0.2, 0.25) is 0 Å². The molecule has 1 N–H and O–H groups in total. The first-order valence-corrected chi connectivity index (χ1v) is 6.75. The number of pyridine rings is 1. The molecule has 1 aliphatic heterocycles. The fourth-order valence-electron chi connectivity index (χ4n) is 1.76. The number of hydrogen-bond donors (Lipinski definition) is 1. The molecule has 98 valence electrons. The monoisotopic (exact) mass is 312 g/mol. The summed E-state index contributed by atoms with van der Waals surface area (Å²) in [5.74, 6) is 0.786. The molecule has 0 amide bonds. The van der Waals surface area contributed by atoms with Gasteiger partial charge in [0.2, 0.25) is 0 Å². The normalized spacial score (nSPS) is 21.1. The van der Waals surface area contributed by atoms with E-state index in [1.165, 1.54) is 0 Å². The molecule has 1 aromatic rings. The van der Waals surface area contributed by atoms with Gasteiger partial charge in [0.1, 0.15) is 10.4 Å². The van der Waals surface area contributed by atoms with Gasteiger partial charge in [0.05, 0.1) is 11.2 Å². The molecule has 0 bridgehead atoms. The van der Waals surface area contributed by atoms with Gasteiger partial charge in [-0.25, -0.2) is 4.98 Å². The van der Waals surface area contributed by atoms with Crippen molar-refractivity contribution in [1.82, 2.24) is 4.98 Å². The third-order valence-electron chi connectivity index (χ3n) is 3.60. The second kappa shape index (κ2) is 4.51. The highest BCUT2D eigenvalue weighted by Crippen LogP contribution is 2.36. The molecule has 0 spiro atoms. The van der Waals surface area contributed by atoms with Crippen LogP contribution >= 0.6 is 15.9 Å². The van der Waals surface area contributed by atoms with E-state index in [2.05, 4.69) is 26.2 Å². The largest absolute Gasteiger partial charge is 0.495 e. The standard InChI is InChI=1S/C12H18BBrN2O2/c1-11(2)12(3,4)18-13(17-11)8-6-9(14)16-10(7-8)15-5/h6-7H,1-5H3,(H,15,16). The number of rotatable bonds is 2. The summed E-state index contributed by atoms with van der Waals surface area (Å²) in [6.07, 6.45) is 0. The zero-order valence-corrected chi connectivity index (χ0v) is 13.0. The van der Waals surface area contributed by atoms with E-state index in [-0.39, 0.29) is 18.3 Å². The van der Waals surface area contributed by atoms with Gasteiger partial charge in [-0.3, -0.25) is 0 Å². The summed E-state index contributed by atoms with van der Waals surface area (Å²) in [5.41, 5.74) is 0.306. The summed E-state index contributed by atoms with van der Waals surface area (Å²) < 4.78 is 12.8. The highest BCUT2D eigenvalue weighted by molar-refractivity contribution is 9.10. The summed E-state index contributed by atoms with van der Waals surface area (Å²) in [6, 6.07) is 3.86. The lowest BCUT2D eigenvalue weighted by Gasteiger charge is -2.32. The van der Waals surface area contributed by atoms with Crippen LogP contribution in [-0.4, -0.2) is 30.4 Å². The van der Waals surface area contributed by atoms with E-state index in [0.29, 0.717) is 0 Å². The summed E-state index contributed by atoms with van der Waals surface area (Å²) in [6.45, 7) is 8.18. The van der Waals surface area contributed by atoms with Crippen LogP contribution in [0, 0.1) is 0 Å². The Morgan fingerprint density at radius 3 is 2.22 bits per heavy atom. The molecule has 0 radical (unpaired) electrons. The Morgan fingerprint density at radius 2 is 1.72 bits per heavy atom. The van der Waals surface area contributed by atoms with Crippen molar-refractivity contribution in [3.05, 3.63) is 16.7 Å². The van der Waals surface area contributed by atoms with Gasteiger partial charge in [-0.1, -0.05) is 0 Å². The number of nitrogens with one attached hydrogen (secondary N) is 1. The summed E-state index contributed by atoms with van der Waals surface area (Å²) in [5, 5.41) is 3.02. The molecule has 0 aromatic carbocycles. The molecule has 0 unspecified atom stereocenters. The van der Waals surface area contributed by atoms with Crippen molar-refractivity contribution in [1.29, 1.82) is 0 Å². The Hall–Kier alpha value is -0.585. The smallest absolute Gasteiger partial charge is 0.399 e. The van der Waals surface area contributed by atoms with Gasteiger partial charge in [0, 0.05) is 7.05 Å². The molecule has 6 heteroatoms. The number of hydrogen-bond acceptors (Lipinski definition) is 4. The third-order valence-corrected chi connectivity index (χ3v) is 4.00. The van der Waals surface area contributed by atoms with Gasteiger partial charge in [0.25, 0.3) is 0 Å². The molecule has 1 aliphatic rings.